The molecule has 1 aliphatic carbocycles. The van der Waals surface area contributed by atoms with Gasteiger partial charge in [0.1, 0.15) is 0 Å². The molecule has 1 amide bonds. The summed E-state index contributed by atoms with van der Waals surface area (Å²) >= 11 is 0. The number of rotatable bonds is 2. The lowest BCUT2D eigenvalue weighted by atomic mass is 9.96. The number of fused-ring (bicyclic) bond motifs is 2. The van der Waals surface area contributed by atoms with E-state index < -0.39 is 0 Å². The number of hydrogen-bond donors (Lipinski definition) is 1. The van der Waals surface area contributed by atoms with Gasteiger partial charge in [0.25, 0.3) is 5.91 Å². The van der Waals surface area contributed by atoms with Crippen molar-refractivity contribution in [3.8, 4) is 0 Å². The molecule has 0 saturated carbocycles. The molecule has 1 aliphatic rings. The van der Waals surface area contributed by atoms with E-state index in [0.717, 1.165) is 29.9 Å². The highest BCUT2D eigenvalue weighted by Gasteiger charge is 2.15. The number of hydrogen-bond acceptors (Lipinski definition) is 4. The van der Waals surface area contributed by atoms with Crippen LogP contribution in [0.1, 0.15) is 40.2 Å². The Hall–Kier alpha value is -2.76. The maximum atomic E-state index is 12.5. The number of anilines is 1. The molecule has 116 valence electrons. The van der Waals surface area contributed by atoms with Crippen molar-refractivity contribution in [3.63, 3.8) is 0 Å². The Bertz CT molecular complexity index is 899. The summed E-state index contributed by atoms with van der Waals surface area (Å²) in [7, 11) is 0. The van der Waals surface area contributed by atoms with Crippen molar-refractivity contribution in [2.24, 2.45) is 0 Å². The molecule has 3 aromatic heterocycles. The van der Waals surface area contributed by atoms with Gasteiger partial charge in [-0.1, -0.05) is 0 Å². The van der Waals surface area contributed by atoms with E-state index >= 15 is 0 Å². The first-order chi connectivity index (χ1) is 11.2. The fourth-order valence-corrected chi connectivity index (χ4v) is 3.02. The van der Waals surface area contributed by atoms with Gasteiger partial charge in [0, 0.05) is 18.0 Å². The standard InChI is InChI=1S/C17H17N5O/c1-11-14(10-22-16(20-11)6-7-19-22)17(23)21-13-8-12-4-2-3-5-15(12)18-9-13/h6-10H,2-5H2,1H3,(H,21,23). The van der Waals surface area contributed by atoms with Crippen LogP contribution in [0, 0.1) is 6.92 Å². The zero-order chi connectivity index (χ0) is 15.8. The summed E-state index contributed by atoms with van der Waals surface area (Å²) in [4.78, 5) is 21.4. The van der Waals surface area contributed by atoms with Gasteiger partial charge in [0.15, 0.2) is 5.65 Å². The van der Waals surface area contributed by atoms with Gasteiger partial charge in [-0.05, 0) is 44.2 Å². The Morgan fingerprint density at radius 3 is 3.09 bits per heavy atom. The van der Waals surface area contributed by atoms with Gasteiger partial charge in [-0.3, -0.25) is 9.78 Å². The number of aromatic nitrogens is 4. The Morgan fingerprint density at radius 2 is 2.17 bits per heavy atom. The number of carbonyl (C=O) groups excluding carboxylic acids is 1. The van der Waals surface area contributed by atoms with Crippen molar-refractivity contribution in [1.82, 2.24) is 19.6 Å². The fraction of sp³-hybridized carbons (Fsp3) is 0.294. The van der Waals surface area contributed by atoms with Crippen LogP contribution in [0.2, 0.25) is 0 Å². The van der Waals surface area contributed by atoms with Crippen LogP contribution in [0.15, 0.2) is 30.7 Å². The predicted molar refractivity (Wildman–Crippen MR) is 86.6 cm³/mol. The molecule has 6 nitrogen and oxygen atoms in total. The minimum absolute atomic E-state index is 0.190. The molecule has 1 N–H and O–H groups in total. The van der Waals surface area contributed by atoms with E-state index in [-0.39, 0.29) is 5.91 Å². The molecule has 4 rings (SSSR count). The van der Waals surface area contributed by atoms with Gasteiger partial charge in [0.2, 0.25) is 0 Å². The summed E-state index contributed by atoms with van der Waals surface area (Å²) in [6.07, 6.45) is 9.55. The second-order valence-electron chi connectivity index (χ2n) is 5.87. The summed E-state index contributed by atoms with van der Waals surface area (Å²) in [6, 6.07) is 3.84. The largest absolute Gasteiger partial charge is 0.320 e. The van der Waals surface area contributed by atoms with Crippen molar-refractivity contribution in [3.05, 3.63) is 53.2 Å². The lowest BCUT2D eigenvalue weighted by molar-refractivity contribution is 0.102. The van der Waals surface area contributed by atoms with E-state index in [9.17, 15) is 4.79 Å². The third kappa shape index (κ3) is 2.56. The van der Waals surface area contributed by atoms with Gasteiger partial charge < -0.3 is 5.32 Å². The fourth-order valence-electron chi connectivity index (χ4n) is 3.02. The van der Waals surface area contributed by atoms with Gasteiger partial charge >= 0.3 is 0 Å². The lowest BCUT2D eigenvalue weighted by Gasteiger charge is -2.16. The number of nitrogens with zero attached hydrogens (tertiary/aromatic N) is 4. The first kappa shape index (κ1) is 13.9. The highest BCUT2D eigenvalue weighted by Crippen LogP contribution is 2.22. The normalized spacial score (nSPS) is 13.8. The molecule has 0 aromatic carbocycles. The van der Waals surface area contributed by atoms with E-state index in [1.165, 1.54) is 18.4 Å². The van der Waals surface area contributed by atoms with Crippen LogP contribution in [-0.2, 0) is 12.8 Å². The highest BCUT2D eigenvalue weighted by atomic mass is 16.1. The van der Waals surface area contributed by atoms with E-state index in [0.29, 0.717) is 11.3 Å². The minimum Gasteiger partial charge on any atom is -0.320 e. The summed E-state index contributed by atoms with van der Waals surface area (Å²) in [6.45, 7) is 1.83. The Kier molecular flexibility index (Phi) is 3.29. The molecule has 0 saturated heterocycles. The van der Waals surface area contributed by atoms with Crippen LogP contribution in [0.4, 0.5) is 5.69 Å². The number of nitrogens with one attached hydrogen (secondary N) is 1. The second-order valence-corrected chi connectivity index (χ2v) is 5.87. The molecule has 0 unspecified atom stereocenters. The molecule has 6 heteroatoms. The molecule has 23 heavy (non-hydrogen) atoms. The average Bonchev–Trinajstić information content (AvgIpc) is 3.01. The molecule has 3 aromatic rings. The molecule has 0 fully saturated rings. The zero-order valence-corrected chi connectivity index (χ0v) is 12.9. The number of aryl methyl sites for hydroxylation is 3. The van der Waals surface area contributed by atoms with Gasteiger partial charge in [-0.15, -0.1) is 0 Å². The smallest absolute Gasteiger partial charge is 0.259 e. The molecular weight excluding hydrogens is 290 g/mol. The number of carbonyl (C=O) groups is 1. The van der Waals surface area contributed by atoms with Crippen LogP contribution in [0.25, 0.3) is 5.65 Å². The summed E-state index contributed by atoms with van der Waals surface area (Å²) in [5, 5.41) is 7.05. The van der Waals surface area contributed by atoms with Crippen molar-refractivity contribution < 1.29 is 4.79 Å². The molecular formula is C17H17N5O. The monoisotopic (exact) mass is 307 g/mol. The van der Waals surface area contributed by atoms with Crippen LogP contribution < -0.4 is 5.32 Å². The van der Waals surface area contributed by atoms with Crippen molar-refractivity contribution in [2.45, 2.75) is 32.6 Å². The quantitative estimate of drug-likeness (QED) is 0.790. The maximum Gasteiger partial charge on any atom is 0.259 e. The van der Waals surface area contributed by atoms with E-state index in [2.05, 4.69) is 20.4 Å². The van der Waals surface area contributed by atoms with Crippen molar-refractivity contribution in [1.29, 1.82) is 0 Å². The minimum atomic E-state index is -0.190. The summed E-state index contributed by atoms with van der Waals surface area (Å²) in [5.41, 5.74) is 5.06. The summed E-state index contributed by atoms with van der Waals surface area (Å²) < 4.78 is 1.60. The maximum absolute atomic E-state index is 12.5. The summed E-state index contributed by atoms with van der Waals surface area (Å²) in [5.74, 6) is -0.190. The topological polar surface area (TPSA) is 72.2 Å². The molecule has 0 aliphatic heterocycles. The van der Waals surface area contributed by atoms with E-state index in [1.807, 2.05) is 19.1 Å². The van der Waals surface area contributed by atoms with Gasteiger partial charge in [-0.25, -0.2) is 9.50 Å². The first-order valence-electron chi connectivity index (χ1n) is 7.81. The SMILES string of the molecule is Cc1nc2ccnn2cc1C(=O)Nc1cnc2c(c1)CCCC2. The first-order valence-corrected chi connectivity index (χ1v) is 7.81. The van der Waals surface area contributed by atoms with Crippen molar-refractivity contribution >= 4 is 17.2 Å². The van der Waals surface area contributed by atoms with Gasteiger partial charge in [0.05, 0.1) is 29.3 Å². The average molecular weight is 307 g/mol. The Balaban J connectivity index is 1.62. The third-order valence-corrected chi connectivity index (χ3v) is 4.24. The molecule has 3 heterocycles. The Morgan fingerprint density at radius 1 is 1.30 bits per heavy atom. The van der Waals surface area contributed by atoms with E-state index in [1.54, 1.807) is 23.1 Å². The zero-order valence-electron chi connectivity index (χ0n) is 12.9. The van der Waals surface area contributed by atoms with Crippen LogP contribution in [0.5, 0.6) is 0 Å². The van der Waals surface area contributed by atoms with Crippen LogP contribution in [0.3, 0.4) is 0 Å². The molecule has 0 atom stereocenters. The number of pyridine rings is 1. The van der Waals surface area contributed by atoms with Crippen LogP contribution >= 0.6 is 0 Å². The Labute approximate surface area is 133 Å². The van der Waals surface area contributed by atoms with Crippen molar-refractivity contribution in [2.75, 3.05) is 5.32 Å². The number of amides is 1. The molecule has 0 bridgehead atoms. The van der Waals surface area contributed by atoms with Crippen LogP contribution in [-0.4, -0.2) is 25.5 Å². The van der Waals surface area contributed by atoms with E-state index in [4.69, 9.17) is 0 Å². The predicted octanol–water partition coefficient (Wildman–Crippen LogP) is 2.56. The second kappa shape index (κ2) is 5.46. The lowest BCUT2D eigenvalue weighted by Crippen LogP contribution is -2.16. The molecule has 0 radical (unpaired) electrons. The van der Waals surface area contributed by atoms with Gasteiger partial charge in [-0.2, -0.15) is 5.10 Å². The highest BCUT2D eigenvalue weighted by molar-refractivity contribution is 6.04. The molecule has 0 spiro atoms. The third-order valence-electron chi connectivity index (χ3n) is 4.24.